The molecular formula is C15H20INO. The second-order valence-electron chi connectivity index (χ2n) is 5.03. The molecule has 2 rings (SSSR count). The van der Waals surface area contributed by atoms with Gasteiger partial charge in [-0.2, -0.15) is 0 Å². The lowest BCUT2D eigenvalue weighted by atomic mass is 9.97. The first-order chi connectivity index (χ1) is 8.74. The summed E-state index contributed by atoms with van der Waals surface area (Å²) < 4.78 is 1.22. The van der Waals surface area contributed by atoms with Crippen LogP contribution in [0.4, 0.5) is 0 Å². The topological polar surface area (TPSA) is 29.1 Å². The Balaban J connectivity index is 1.73. The standard InChI is InChI=1S/C15H20INO/c16-13-6-4-12(5-7-13)11-15(18)9-8-14-3-1-2-10-17-14/h4-7,14,17H,1-3,8-11H2. The Bertz CT molecular complexity index is 382. The first kappa shape index (κ1) is 14.0. The fourth-order valence-corrected chi connectivity index (χ4v) is 2.78. The van der Waals surface area contributed by atoms with E-state index >= 15 is 0 Å². The second-order valence-corrected chi connectivity index (χ2v) is 6.27. The molecule has 0 aromatic heterocycles. The third-order valence-electron chi connectivity index (χ3n) is 3.50. The van der Waals surface area contributed by atoms with E-state index in [1.807, 2.05) is 0 Å². The van der Waals surface area contributed by atoms with Crippen LogP contribution in [0.5, 0.6) is 0 Å². The normalized spacial score (nSPS) is 19.7. The van der Waals surface area contributed by atoms with Crippen LogP contribution in [-0.2, 0) is 11.2 Å². The van der Waals surface area contributed by atoms with Gasteiger partial charge in [0.2, 0.25) is 0 Å². The van der Waals surface area contributed by atoms with Crippen molar-refractivity contribution in [3.63, 3.8) is 0 Å². The number of halogens is 1. The van der Waals surface area contributed by atoms with Gasteiger partial charge in [-0.3, -0.25) is 4.79 Å². The van der Waals surface area contributed by atoms with E-state index in [9.17, 15) is 4.79 Å². The van der Waals surface area contributed by atoms with Gasteiger partial charge in [-0.05, 0) is 66.1 Å². The van der Waals surface area contributed by atoms with Gasteiger partial charge in [0.05, 0.1) is 0 Å². The average molecular weight is 357 g/mol. The molecule has 0 bridgehead atoms. The van der Waals surface area contributed by atoms with E-state index in [4.69, 9.17) is 0 Å². The van der Waals surface area contributed by atoms with Crippen LogP contribution in [-0.4, -0.2) is 18.4 Å². The Morgan fingerprint density at radius 3 is 2.72 bits per heavy atom. The number of piperidine rings is 1. The molecule has 0 spiro atoms. The van der Waals surface area contributed by atoms with Gasteiger partial charge in [0, 0.05) is 22.5 Å². The summed E-state index contributed by atoms with van der Waals surface area (Å²) >= 11 is 2.28. The molecule has 1 fully saturated rings. The van der Waals surface area contributed by atoms with Crippen molar-refractivity contribution in [2.45, 2.75) is 44.6 Å². The molecule has 0 amide bonds. The number of nitrogens with one attached hydrogen (secondary N) is 1. The molecule has 2 nitrogen and oxygen atoms in total. The second kappa shape index (κ2) is 7.24. The van der Waals surface area contributed by atoms with Gasteiger partial charge >= 0.3 is 0 Å². The predicted octanol–water partition coefficient (Wildman–Crippen LogP) is 3.33. The van der Waals surface area contributed by atoms with E-state index in [1.54, 1.807) is 0 Å². The molecular weight excluding hydrogens is 337 g/mol. The number of carbonyl (C=O) groups is 1. The summed E-state index contributed by atoms with van der Waals surface area (Å²) in [6.45, 7) is 1.12. The molecule has 1 aliphatic rings. The zero-order valence-corrected chi connectivity index (χ0v) is 12.8. The molecule has 18 heavy (non-hydrogen) atoms. The Labute approximate surface area is 123 Å². The third-order valence-corrected chi connectivity index (χ3v) is 4.22. The van der Waals surface area contributed by atoms with Gasteiger partial charge in [-0.1, -0.05) is 18.6 Å². The minimum atomic E-state index is 0.364. The minimum absolute atomic E-state index is 0.364. The largest absolute Gasteiger partial charge is 0.314 e. The van der Waals surface area contributed by atoms with Gasteiger partial charge in [0.25, 0.3) is 0 Å². The summed E-state index contributed by atoms with van der Waals surface area (Å²) in [5.41, 5.74) is 1.14. The summed E-state index contributed by atoms with van der Waals surface area (Å²) in [4.78, 5) is 11.9. The third kappa shape index (κ3) is 4.69. The van der Waals surface area contributed by atoms with Gasteiger partial charge in [0.15, 0.2) is 0 Å². The van der Waals surface area contributed by atoms with Crippen LogP contribution in [0, 0.1) is 3.57 Å². The average Bonchev–Trinajstić information content (AvgIpc) is 2.40. The van der Waals surface area contributed by atoms with Gasteiger partial charge in [-0.25, -0.2) is 0 Å². The molecule has 0 radical (unpaired) electrons. The highest BCUT2D eigenvalue weighted by Gasteiger charge is 2.14. The summed E-state index contributed by atoms with van der Waals surface area (Å²) in [7, 11) is 0. The molecule has 1 heterocycles. The number of hydrogen-bond acceptors (Lipinski definition) is 2. The molecule has 1 saturated heterocycles. The van der Waals surface area contributed by atoms with Crippen LogP contribution in [0.15, 0.2) is 24.3 Å². The predicted molar refractivity (Wildman–Crippen MR) is 82.7 cm³/mol. The highest BCUT2D eigenvalue weighted by molar-refractivity contribution is 14.1. The van der Waals surface area contributed by atoms with Gasteiger partial charge in [0.1, 0.15) is 5.78 Å². The van der Waals surface area contributed by atoms with Gasteiger partial charge in [-0.15, -0.1) is 0 Å². The van der Waals surface area contributed by atoms with E-state index in [1.165, 1.54) is 22.8 Å². The van der Waals surface area contributed by atoms with Crippen LogP contribution in [0.1, 0.15) is 37.7 Å². The maximum atomic E-state index is 11.9. The molecule has 1 N–H and O–H groups in total. The zero-order chi connectivity index (χ0) is 12.8. The number of benzene rings is 1. The number of rotatable bonds is 5. The van der Waals surface area contributed by atoms with Crippen molar-refractivity contribution in [2.24, 2.45) is 0 Å². The first-order valence-electron chi connectivity index (χ1n) is 6.73. The molecule has 0 saturated carbocycles. The lowest BCUT2D eigenvalue weighted by molar-refractivity contribution is -0.118. The van der Waals surface area contributed by atoms with E-state index in [2.05, 4.69) is 52.2 Å². The number of hydrogen-bond donors (Lipinski definition) is 1. The van der Waals surface area contributed by atoms with E-state index in [0.717, 1.165) is 18.5 Å². The minimum Gasteiger partial charge on any atom is -0.314 e. The van der Waals surface area contributed by atoms with Crippen molar-refractivity contribution in [1.82, 2.24) is 5.32 Å². The monoisotopic (exact) mass is 357 g/mol. The summed E-state index contributed by atoms with van der Waals surface area (Å²) in [5.74, 6) is 0.364. The lowest BCUT2D eigenvalue weighted by Crippen LogP contribution is -2.34. The summed E-state index contributed by atoms with van der Waals surface area (Å²) in [6, 6.07) is 8.80. The first-order valence-corrected chi connectivity index (χ1v) is 7.81. The lowest BCUT2D eigenvalue weighted by Gasteiger charge is -2.22. The smallest absolute Gasteiger partial charge is 0.137 e. The fraction of sp³-hybridized carbons (Fsp3) is 0.533. The fourth-order valence-electron chi connectivity index (χ4n) is 2.42. The molecule has 1 aromatic carbocycles. The van der Waals surface area contributed by atoms with Crippen molar-refractivity contribution in [3.05, 3.63) is 33.4 Å². The molecule has 0 aliphatic carbocycles. The van der Waals surface area contributed by atoms with Crippen LogP contribution in [0.3, 0.4) is 0 Å². The van der Waals surface area contributed by atoms with E-state index in [0.29, 0.717) is 24.7 Å². The Kier molecular flexibility index (Phi) is 5.63. The highest BCUT2D eigenvalue weighted by atomic mass is 127. The van der Waals surface area contributed by atoms with Crippen LogP contribution in [0.25, 0.3) is 0 Å². The molecule has 1 atom stereocenters. The number of ketones is 1. The quantitative estimate of drug-likeness (QED) is 0.820. The highest BCUT2D eigenvalue weighted by Crippen LogP contribution is 2.13. The van der Waals surface area contributed by atoms with Crippen molar-refractivity contribution in [2.75, 3.05) is 6.54 Å². The van der Waals surface area contributed by atoms with E-state index < -0.39 is 0 Å². The van der Waals surface area contributed by atoms with Crippen LogP contribution < -0.4 is 5.32 Å². The Morgan fingerprint density at radius 1 is 1.28 bits per heavy atom. The van der Waals surface area contributed by atoms with Crippen LogP contribution >= 0.6 is 22.6 Å². The SMILES string of the molecule is O=C(CCC1CCCCN1)Cc1ccc(I)cc1. The maximum absolute atomic E-state index is 11.9. The van der Waals surface area contributed by atoms with Crippen molar-refractivity contribution in [1.29, 1.82) is 0 Å². The van der Waals surface area contributed by atoms with Crippen molar-refractivity contribution in [3.8, 4) is 0 Å². The molecule has 98 valence electrons. The molecule has 1 unspecified atom stereocenters. The molecule has 1 aliphatic heterocycles. The van der Waals surface area contributed by atoms with E-state index in [-0.39, 0.29) is 0 Å². The van der Waals surface area contributed by atoms with Gasteiger partial charge < -0.3 is 5.32 Å². The van der Waals surface area contributed by atoms with Crippen molar-refractivity contribution < 1.29 is 4.79 Å². The summed E-state index contributed by atoms with van der Waals surface area (Å²) in [5, 5.41) is 3.49. The summed E-state index contributed by atoms with van der Waals surface area (Å²) in [6.07, 6.45) is 6.13. The molecule has 1 aromatic rings. The Morgan fingerprint density at radius 2 is 2.06 bits per heavy atom. The number of Topliss-reactive ketones (excluding diaryl/α,β-unsaturated/α-hetero) is 1. The van der Waals surface area contributed by atoms with Crippen LogP contribution in [0.2, 0.25) is 0 Å². The number of carbonyl (C=O) groups excluding carboxylic acids is 1. The molecule has 3 heteroatoms. The maximum Gasteiger partial charge on any atom is 0.137 e. The Hall–Kier alpha value is -0.420. The zero-order valence-electron chi connectivity index (χ0n) is 10.6. The van der Waals surface area contributed by atoms with Crippen molar-refractivity contribution >= 4 is 28.4 Å².